The maximum Gasteiger partial charge on any atom is 0.318 e. The lowest BCUT2D eigenvalue weighted by Gasteiger charge is -2.46. The molecule has 2 aromatic carbocycles. The molecule has 1 atom stereocenters. The van der Waals surface area contributed by atoms with Crippen LogP contribution in [0.4, 0.5) is 10.5 Å². The molecular weight excluding hydrogens is 662 g/mol. The molecule has 4 aliphatic rings. The number of piperidine rings is 1. The molecule has 7 rings (SSSR count). The number of ether oxygens (including phenoxy) is 3. The van der Waals surface area contributed by atoms with Gasteiger partial charge in [0.25, 0.3) is 15.9 Å². The fourth-order valence-corrected chi connectivity index (χ4v) is 8.88. The van der Waals surface area contributed by atoms with Gasteiger partial charge in [0.15, 0.2) is 5.54 Å². The Kier molecular flexibility index (Phi) is 9.12. The van der Waals surface area contributed by atoms with E-state index in [0.29, 0.717) is 48.3 Å². The van der Waals surface area contributed by atoms with Gasteiger partial charge in [-0.2, -0.15) is 9.57 Å². The maximum absolute atomic E-state index is 15.0. The number of hydrogen-bond acceptors (Lipinski definition) is 11. The Morgan fingerprint density at radius 2 is 1.64 bits per heavy atom. The van der Waals surface area contributed by atoms with E-state index in [9.17, 15) is 23.3 Å². The molecule has 0 aliphatic carbocycles. The van der Waals surface area contributed by atoms with Crippen molar-refractivity contribution in [3.63, 3.8) is 0 Å². The molecule has 3 amide bonds. The minimum absolute atomic E-state index is 0.000601. The van der Waals surface area contributed by atoms with Crippen molar-refractivity contribution in [3.8, 4) is 17.7 Å². The van der Waals surface area contributed by atoms with Gasteiger partial charge >= 0.3 is 6.03 Å². The van der Waals surface area contributed by atoms with Crippen LogP contribution >= 0.6 is 0 Å². The predicted octanol–water partition coefficient (Wildman–Crippen LogP) is 2.14. The summed E-state index contributed by atoms with van der Waals surface area (Å²) in [6, 6.07) is 15.6. The first-order chi connectivity index (χ1) is 24.2. The number of pyridine rings is 1. The van der Waals surface area contributed by atoms with Crippen LogP contribution in [0.1, 0.15) is 29.5 Å². The van der Waals surface area contributed by atoms with Gasteiger partial charge < -0.3 is 24.4 Å². The number of nitrogens with zero attached hydrogens (tertiary/aromatic N) is 6. The molecule has 1 N–H and O–H groups in total. The van der Waals surface area contributed by atoms with Gasteiger partial charge in [-0.1, -0.05) is 0 Å². The monoisotopic (exact) mass is 701 g/mol. The topological polar surface area (TPSA) is 158 Å². The van der Waals surface area contributed by atoms with E-state index in [0.717, 1.165) is 39.1 Å². The number of methoxy groups -OCH3 is 2. The van der Waals surface area contributed by atoms with Crippen LogP contribution in [0, 0.1) is 11.3 Å². The maximum atomic E-state index is 15.0. The standard InChI is InChI=1S/C35H39N7O7S/c1-47-27-6-8-28(9-7-27)50(45,46)42-31-10-5-24(21-36)20-30(31)35(33(42)43,29-4-3-13-37-32(29)48-2)38-34(44)41-18-16-40(17-19-41)25-11-14-39(15-12-25)26-22-49-23-26/h3-10,13,20,25-26H,11-12,14-19,22-23H2,1-2H3,(H,38,44)/t35-/m1/s1. The van der Waals surface area contributed by atoms with Gasteiger partial charge in [0.05, 0.1) is 61.3 Å². The van der Waals surface area contributed by atoms with E-state index in [1.165, 1.54) is 62.9 Å². The third-order valence-electron chi connectivity index (χ3n) is 10.3. The van der Waals surface area contributed by atoms with Crippen LogP contribution in [0.5, 0.6) is 11.6 Å². The van der Waals surface area contributed by atoms with Gasteiger partial charge in [0.2, 0.25) is 5.88 Å². The van der Waals surface area contributed by atoms with E-state index in [-0.39, 0.29) is 33.2 Å². The van der Waals surface area contributed by atoms with Gasteiger partial charge in [-0.25, -0.2) is 18.2 Å². The number of rotatable bonds is 8. The quantitative estimate of drug-likeness (QED) is 0.367. The number of sulfonamides is 1. The Morgan fingerprint density at radius 3 is 2.26 bits per heavy atom. The molecule has 0 bridgehead atoms. The zero-order chi connectivity index (χ0) is 35.0. The lowest BCUT2D eigenvalue weighted by atomic mass is 9.83. The van der Waals surface area contributed by atoms with Crippen molar-refractivity contribution < 1.29 is 32.2 Å². The summed E-state index contributed by atoms with van der Waals surface area (Å²) in [5, 5.41) is 12.8. The number of carbonyl (C=O) groups excluding carboxylic acids is 2. The van der Waals surface area contributed by atoms with Gasteiger partial charge in [-0.15, -0.1) is 0 Å². The zero-order valence-electron chi connectivity index (χ0n) is 27.9. The minimum atomic E-state index is -4.53. The molecule has 3 saturated heterocycles. The number of hydrogen-bond donors (Lipinski definition) is 1. The molecule has 3 aromatic rings. The smallest absolute Gasteiger partial charge is 0.318 e. The van der Waals surface area contributed by atoms with E-state index in [1.54, 1.807) is 17.0 Å². The van der Waals surface area contributed by atoms with Crippen LogP contribution in [0.25, 0.3) is 0 Å². The highest BCUT2D eigenvalue weighted by atomic mass is 32.2. The molecule has 4 aliphatic heterocycles. The molecule has 50 heavy (non-hydrogen) atoms. The number of nitrogens with one attached hydrogen (secondary N) is 1. The first kappa shape index (κ1) is 33.7. The largest absolute Gasteiger partial charge is 0.497 e. The second-order valence-corrected chi connectivity index (χ2v) is 14.6. The van der Waals surface area contributed by atoms with Crippen molar-refractivity contribution in [3.05, 3.63) is 77.5 Å². The third kappa shape index (κ3) is 5.71. The van der Waals surface area contributed by atoms with Gasteiger partial charge in [0.1, 0.15) is 5.75 Å². The predicted molar refractivity (Wildman–Crippen MR) is 181 cm³/mol. The Morgan fingerprint density at radius 1 is 0.940 bits per heavy atom. The summed E-state index contributed by atoms with van der Waals surface area (Å²) in [6.07, 6.45) is 3.58. The number of fused-ring (bicyclic) bond motifs is 1. The van der Waals surface area contributed by atoms with Crippen LogP contribution in [0.15, 0.2) is 65.7 Å². The number of anilines is 1. The lowest BCUT2D eigenvalue weighted by Crippen LogP contribution is -2.61. The van der Waals surface area contributed by atoms with Crippen LogP contribution in [-0.2, 0) is 25.1 Å². The summed E-state index contributed by atoms with van der Waals surface area (Å²) >= 11 is 0. The number of likely N-dealkylation sites (tertiary alicyclic amines) is 1. The highest BCUT2D eigenvalue weighted by Gasteiger charge is 2.59. The molecule has 5 heterocycles. The molecule has 0 spiro atoms. The molecule has 14 nitrogen and oxygen atoms in total. The molecule has 15 heteroatoms. The van der Waals surface area contributed by atoms with Gasteiger partial charge in [-0.3, -0.25) is 14.6 Å². The number of urea groups is 1. The molecule has 3 fully saturated rings. The minimum Gasteiger partial charge on any atom is -0.497 e. The summed E-state index contributed by atoms with van der Waals surface area (Å²) < 4.78 is 45.5. The Hall–Kier alpha value is -4.75. The van der Waals surface area contributed by atoms with Crippen LogP contribution in [0.3, 0.4) is 0 Å². The number of amides is 3. The summed E-state index contributed by atoms with van der Waals surface area (Å²) in [6.45, 7) is 5.81. The van der Waals surface area contributed by atoms with Crippen molar-refractivity contribution in [1.29, 1.82) is 5.26 Å². The van der Waals surface area contributed by atoms with E-state index >= 15 is 0 Å². The number of nitriles is 1. The van der Waals surface area contributed by atoms with Crippen LogP contribution in [-0.4, -0.2) is 119 Å². The van der Waals surface area contributed by atoms with E-state index in [1.807, 2.05) is 0 Å². The summed E-state index contributed by atoms with van der Waals surface area (Å²) in [5.74, 6) is -0.505. The van der Waals surface area contributed by atoms with Crippen LogP contribution in [0.2, 0.25) is 0 Å². The summed E-state index contributed by atoms with van der Waals surface area (Å²) in [5.41, 5.74) is -1.69. The molecular formula is C35H39N7O7S. The summed E-state index contributed by atoms with van der Waals surface area (Å²) in [4.78, 5) is 40.0. The van der Waals surface area contributed by atoms with Crippen molar-refractivity contribution in [2.75, 3.05) is 71.0 Å². The van der Waals surface area contributed by atoms with Crippen molar-refractivity contribution in [2.24, 2.45) is 0 Å². The van der Waals surface area contributed by atoms with Crippen LogP contribution < -0.4 is 19.1 Å². The van der Waals surface area contributed by atoms with Crippen molar-refractivity contribution in [1.82, 2.24) is 25.0 Å². The van der Waals surface area contributed by atoms with E-state index in [2.05, 4.69) is 26.2 Å². The Bertz CT molecular complexity index is 1920. The van der Waals surface area contributed by atoms with Crippen molar-refractivity contribution >= 4 is 27.6 Å². The molecule has 1 aromatic heterocycles. The normalized spacial score (nSPS) is 22.1. The Balaban J connectivity index is 1.21. The highest BCUT2D eigenvalue weighted by molar-refractivity contribution is 7.93. The molecule has 0 unspecified atom stereocenters. The fourth-order valence-electron chi connectivity index (χ4n) is 7.42. The third-order valence-corrected chi connectivity index (χ3v) is 12.0. The SMILES string of the molecule is COc1ccc(S(=O)(=O)N2C(=O)[C@@](NC(=O)N3CCN(C4CCN(C5COC5)CC4)CC3)(c3cccnc3OC)c3cc(C#N)ccc32)cc1. The lowest BCUT2D eigenvalue weighted by molar-refractivity contribution is -0.121. The number of carbonyl (C=O) groups is 2. The van der Waals surface area contributed by atoms with Crippen molar-refractivity contribution in [2.45, 2.75) is 35.4 Å². The Labute approximate surface area is 291 Å². The van der Waals surface area contributed by atoms with Gasteiger partial charge in [-0.05, 0) is 67.4 Å². The average molecular weight is 702 g/mol. The zero-order valence-corrected chi connectivity index (χ0v) is 28.8. The first-order valence-electron chi connectivity index (χ1n) is 16.6. The van der Waals surface area contributed by atoms with E-state index in [4.69, 9.17) is 14.2 Å². The molecule has 0 radical (unpaired) electrons. The average Bonchev–Trinajstić information content (AvgIpc) is 3.38. The van der Waals surface area contributed by atoms with Gasteiger partial charge in [0, 0.05) is 57.1 Å². The molecule has 262 valence electrons. The molecule has 0 saturated carbocycles. The number of aromatic nitrogens is 1. The second-order valence-electron chi connectivity index (χ2n) is 12.8. The fraction of sp³-hybridized carbons (Fsp3) is 0.429. The van der Waals surface area contributed by atoms with E-state index < -0.39 is 27.5 Å². The highest BCUT2D eigenvalue weighted by Crippen LogP contribution is 2.49. The number of piperazine rings is 1. The number of benzene rings is 2. The summed E-state index contributed by atoms with van der Waals surface area (Å²) in [7, 11) is -1.69. The first-order valence-corrected chi connectivity index (χ1v) is 18.1. The second kappa shape index (κ2) is 13.5.